The van der Waals surface area contributed by atoms with Crippen LogP contribution in [0.25, 0.3) is 0 Å². The zero-order chi connectivity index (χ0) is 21.5. The van der Waals surface area contributed by atoms with Crippen molar-refractivity contribution in [3.63, 3.8) is 0 Å². The summed E-state index contributed by atoms with van der Waals surface area (Å²) in [6.07, 6.45) is 14.8. The van der Waals surface area contributed by atoms with Gasteiger partial charge in [-0.2, -0.15) is 0 Å². The van der Waals surface area contributed by atoms with E-state index in [1.807, 2.05) is 6.26 Å². The first-order valence-electron chi connectivity index (χ1n) is 12.1. The average molecular weight is 423 g/mol. The normalized spacial score (nSPS) is 11.7. The molecule has 168 valence electrons. The summed E-state index contributed by atoms with van der Waals surface area (Å²) in [6, 6.07) is 5.46. The Morgan fingerprint density at radius 2 is 1.41 bits per heavy atom. The molecule has 2 N–H and O–H groups in total. The fourth-order valence-electron chi connectivity index (χ4n) is 4.29. The Bertz CT molecular complexity index is 547. The summed E-state index contributed by atoms with van der Waals surface area (Å²) in [4.78, 5) is 13.7. The van der Waals surface area contributed by atoms with Crippen LogP contribution in [0, 0.1) is 0 Å². The maximum Gasteiger partial charge on any atom is 0.315 e. The molecule has 0 fully saturated rings. The molecule has 1 heterocycles. The van der Waals surface area contributed by atoms with Gasteiger partial charge in [-0.15, -0.1) is 0 Å². The monoisotopic (exact) mass is 422 g/mol. The highest BCUT2D eigenvalue weighted by Gasteiger charge is 2.33. The SMILES string of the molecule is CCCCCCCCCCCCN(Cc1coc([Si](CC)(CC)CC)c1)C(N)=O. The maximum atomic E-state index is 11.9. The molecule has 0 atom stereocenters. The van der Waals surface area contributed by atoms with Gasteiger partial charge in [-0.1, -0.05) is 104 Å². The summed E-state index contributed by atoms with van der Waals surface area (Å²) < 4.78 is 5.97. The summed E-state index contributed by atoms with van der Waals surface area (Å²) in [5.74, 6) is 0. The molecule has 0 bridgehead atoms. The van der Waals surface area contributed by atoms with E-state index in [9.17, 15) is 4.79 Å². The molecule has 1 rings (SSSR count). The van der Waals surface area contributed by atoms with Crippen molar-refractivity contribution in [2.24, 2.45) is 5.73 Å². The molecule has 0 aromatic carbocycles. The lowest BCUT2D eigenvalue weighted by Gasteiger charge is -2.24. The van der Waals surface area contributed by atoms with Crippen LogP contribution < -0.4 is 11.1 Å². The van der Waals surface area contributed by atoms with Crippen molar-refractivity contribution < 1.29 is 9.21 Å². The maximum absolute atomic E-state index is 11.9. The molecule has 0 saturated carbocycles. The number of hydrogen-bond donors (Lipinski definition) is 1. The van der Waals surface area contributed by atoms with Crippen LogP contribution in [0.5, 0.6) is 0 Å². The van der Waals surface area contributed by atoms with Crippen LogP contribution in [-0.4, -0.2) is 25.5 Å². The number of carbonyl (C=O) groups excluding carboxylic acids is 1. The summed E-state index contributed by atoms with van der Waals surface area (Å²) in [5.41, 5.74) is 6.72. The van der Waals surface area contributed by atoms with Crippen molar-refractivity contribution in [1.82, 2.24) is 4.90 Å². The highest BCUT2D eigenvalue weighted by atomic mass is 28.3. The molecule has 0 aliphatic carbocycles. The molecular weight excluding hydrogens is 376 g/mol. The van der Waals surface area contributed by atoms with Crippen LogP contribution in [0.3, 0.4) is 0 Å². The fourth-order valence-corrected chi connectivity index (χ4v) is 7.63. The zero-order valence-corrected chi connectivity index (χ0v) is 20.6. The number of nitrogens with two attached hydrogens (primary N) is 1. The molecule has 4 nitrogen and oxygen atoms in total. The topological polar surface area (TPSA) is 59.5 Å². The van der Waals surface area contributed by atoms with E-state index in [2.05, 4.69) is 33.8 Å². The number of urea groups is 1. The Kier molecular flexibility index (Phi) is 13.1. The molecule has 5 heteroatoms. The second-order valence-electron chi connectivity index (χ2n) is 8.60. The first kappa shape index (κ1) is 25.8. The molecule has 0 unspecified atom stereocenters. The molecule has 29 heavy (non-hydrogen) atoms. The van der Waals surface area contributed by atoms with Crippen molar-refractivity contribution >= 4 is 19.5 Å². The minimum atomic E-state index is -1.51. The smallest absolute Gasteiger partial charge is 0.315 e. The van der Waals surface area contributed by atoms with Gasteiger partial charge in [-0.3, -0.25) is 0 Å². The fraction of sp³-hybridized carbons (Fsp3) is 0.792. The van der Waals surface area contributed by atoms with Crippen LogP contribution >= 0.6 is 0 Å². The van der Waals surface area contributed by atoms with Gasteiger partial charge in [0.05, 0.1) is 18.2 Å². The van der Waals surface area contributed by atoms with Crippen LogP contribution in [-0.2, 0) is 6.54 Å². The second kappa shape index (κ2) is 14.7. The molecule has 0 spiro atoms. The van der Waals surface area contributed by atoms with Gasteiger partial charge < -0.3 is 15.1 Å². The van der Waals surface area contributed by atoms with Crippen molar-refractivity contribution in [2.45, 2.75) is 117 Å². The van der Waals surface area contributed by atoms with Gasteiger partial charge in [-0.05, 0) is 12.5 Å². The van der Waals surface area contributed by atoms with Crippen molar-refractivity contribution in [3.05, 3.63) is 17.9 Å². The van der Waals surface area contributed by atoms with E-state index in [-0.39, 0.29) is 6.03 Å². The Hall–Kier alpha value is -1.23. The van der Waals surface area contributed by atoms with Crippen molar-refractivity contribution in [1.29, 1.82) is 0 Å². The Balaban J connectivity index is 2.37. The third-order valence-corrected chi connectivity index (χ3v) is 12.0. The second-order valence-corrected chi connectivity index (χ2v) is 13.8. The first-order valence-corrected chi connectivity index (χ1v) is 14.8. The molecule has 1 aromatic heterocycles. The highest BCUT2D eigenvalue weighted by molar-refractivity contribution is 6.90. The largest absolute Gasteiger partial charge is 0.474 e. The summed E-state index contributed by atoms with van der Waals surface area (Å²) in [6.45, 7) is 10.4. The Morgan fingerprint density at radius 3 is 1.90 bits per heavy atom. The number of hydrogen-bond acceptors (Lipinski definition) is 2. The quantitative estimate of drug-likeness (QED) is 0.222. The van der Waals surface area contributed by atoms with E-state index in [4.69, 9.17) is 10.2 Å². The van der Waals surface area contributed by atoms with E-state index in [1.165, 1.54) is 81.3 Å². The predicted octanol–water partition coefficient (Wildman–Crippen LogP) is 6.80. The average Bonchev–Trinajstić information content (AvgIpc) is 3.19. The van der Waals surface area contributed by atoms with Crippen LogP contribution in [0.2, 0.25) is 18.1 Å². The molecule has 0 aliphatic heterocycles. The van der Waals surface area contributed by atoms with E-state index in [0.717, 1.165) is 18.5 Å². The number of furan rings is 1. The minimum absolute atomic E-state index is 0.325. The zero-order valence-electron chi connectivity index (χ0n) is 19.6. The summed E-state index contributed by atoms with van der Waals surface area (Å²) in [7, 11) is -1.51. The number of nitrogens with zero attached hydrogens (tertiary/aromatic N) is 1. The van der Waals surface area contributed by atoms with Gasteiger partial charge in [0, 0.05) is 12.1 Å². The number of primary amides is 1. The standard InChI is InChI=1S/C24H46N2O2Si/c1-5-9-10-11-12-13-14-15-16-17-18-26(24(25)27)20-22-19-23(28-21-22)29(6-2,7-3)8-4/h19,21H,5-18,20H2,1-4H3,(H2,25,27). The Labute approximate surface area is 180 Å². The predicted molar refractivity (Wildman–Crippen MR) is 127 cm³/mol. The van der Waals surface area contributed by atoms with E-state index < -0.39 is 8.07 Å². The Morgan fingerprint density at radius 1 is 0.897 bits per heavy atom. The van der Waals surface area contributed by atoms with Gasteiger partial charge in [0.1, 0.15) is 8.07 Å². The molecular formula is C24H46N2O2Si. The van der Waals surface area contributed by atoms with Gasteiger partial charge in [0.15, 0.2) is 0 Å². The van der Waals surface area contributed by atoms with Crippen LogP contribution in [0.4, 0.5) is 4.79 Å². The van der Waals surface area contributed by atoms with E-state index in [0.29, 0.717) is 6.54 Å². The lowest BCUT2D eigenvalue weighted by molar-refractivity contribution is 0.203. The minimum Gasteiger partial charge on any atom is -0.474 e. The first-order chi connectivity index (χ1) is 14.0. The van der Waals surface area contributed by atoms with E-state index >= 15 is 0 Å². The third kappa shape index (κ3) is 8.98. The molecule has 0 saturated heterocycles. The van der Waals surface area contributed by atoms with Crippen LogP contribution in [0.15, 0.2) is 16.7 Å². The van der Waals surface area contributed by atoms with E-state index in [1.54, 1.807) is 4.90 Å². The molecule has 0 aliphatic rings. The third-order valence-electron chi connectivity index (χ3n) is 6.67. The molecule has 1 aromatic rings. The lowest BCUT2D eigenvalue weighted by Crippen LogP contribution is -2.45. The number of rotatable bonds is 17. The van der Waals surface area contributed by atoms with Gasteiger partial charge in [0.2, 0.25) is 0 Å². The summed E-state index contributed by atoms with van der Waals surface area (Å²) in [5, 5.41) is 1.18. The number of carbonyl (C=O) groups is 1. The number of unbranched alkanes of at least 4 members (excludes halogenated alkanes) is 9. The van der Waals surface area contributed by atoms with Crippen LogP contribution in [0.1, 0.15) is 97.5 Å². The van der Waals surface area contributed by atoms with Gasteiger partial charge in [0.25, 0.3) is 0 Å². The van der Waals surface area contributed by atoms with Gasteiger partial charge >= 0.3 is 6.03 Å². The van der Waals surface area contributed by atoms with Crippen molar-refractivity contribution in [2.75, 3.05) is 6.54 Å². The molecule has 0 radical (unpaired) electrons. The van der Waals surface area contributed by atoms with Crippen molar-refractivity contribution in [3.8, 4) is 0 Å². The number of amides is 2. The highest BCUT2D eigenvalue weighted by Crippen LogP contribution is 2.21. The lowest BCUT2D eigenvalue weighted by atomic mass is 10.1. The summed E-state index contributed by atoms with van der Waals surface area (Å²) >= 11 is 0. The molecule has 2 amide bonds. The van der Waals surface area contributed by atoms with Gasteiger partial charge in [-0.25, -0.2) is 4.79 Å².